The van der Waals surface area contributed by atoms with Crippen LogP contribution in [0.2, 0.25) is 10.0 Å². The fraction of sp³-hybridized carbons (Fsp3) is 0.517. The van der Waals surface area contributed by atoms with Crippen molar-refractivity contribution in [3.63, 3.8) is 0 Å². The van der Waals surface area contributed by atoms with Crippen LogP contribution in [0.5, 0.6) is 0 Å². The van der Waals surface area contributed by atoms with Crippen LogP contribution >= 0.6 is 39.1 Å². The molecule has 3 aliphatic carbocycles. The van der Waals surface area contributed by atoms with Crippen LogP contribution in [0.15, 0.2) is 46.9 Å². The van der Waals surface area contributed by atoms with Gasteiger partial charge in [-0.05, 0) is 72.4 Å². The Labute approximate surface area is 238 Å². The van der Waals surface area contributed by atoms with Crippen LogP contribution in [0, 0.1) is 35.0 Å². The number of nitrogens with one attached hydrogen (secondary N) is 1. The molecule has 0 spiro atoms. The number of carbonyl (C=O) groups excluding carboxylic acids is 2. The quantitative estimate of drug-likeness (QED) is 0.400. The summed E-state index contributed by atoms with van der Waals surface area (Å²) >= 11 is 16.5. The molecule has 2 amide bonds. The molecular formula is C29H34BrCl2N3O2. The topological polar surface area (TPSA) is 52.7 Å². The van der Waals surface area contributed by atoms with E-state index in [4.69, 9.17) is 23.2 Å². The molecule has 37 heavy (non-hydrogen) atoms. The zero-order valence-corrected chi connectivity index (χ0v) is 24.8. The lowest BCUT2D eigenvalue weighted by Crippen LogP contribution is -2.63. The van der Waals surface area contributed by atoms with Crippen molar-refractivity contribution in [3.05, 3.63) is 62.5 Å². The van der Waals surface area contributed by atoms with Gasteiger partial charge in [-0.25, -0.2) is 10.0 Å². The molecule has 3 saturated carbocycles. The first-order chi connectivity index (χ1) is 17.5. The van der Waals surface area contributed by atoms with Gasteiger partial charge in [0.25, 0.3) is 0 Å². The zero-order chi connectivity index (χ0) is 26.6. The molecule has 0 aromatic heterocycles. The summed E-state index contributed by atoms with van der Waals surface area (Å²) in [6.07, 6.45) is 2.27. The summed E-state index contributed by atoms with van der Waals surface area (Å²) in [5.41, 5.74) is 1.83. The van der Waals surface area contributed by atoms with E-state index in [-0.39, 0.29) is 17.9 Å². The van der Waals surface area contributed by atoms with E-state index in [0.717, 1.165) is 22.1 Å². The smallest absolute Gasteiger partial charge is 0.245 e. The minimum absolute atomic E-state index is 0.0393. The average Bonchev–Trinajstić information content (AvgIpc) is 2.85. The molecule has 2 bridgehead atoms. The van der Waals surface area contributed by atoms with Gasteiger partial charge in [-0.1, -0.05) is 72.9 Å². The van der Waals surface area contributed by atoms with Crippen LogP contribution < -0.4 is 10.3 Å². The second-order valence-electron chi connectivity index (χ2n) is 11.6. The number of halogens is 3. The van der Waals surface area contributed by atoms with Crippen LogP contribution in [0.25, 0.3) is 0 Å². The lowest BCUT2D eigenvalue weighted by atomic mass is 9.44. The fourth-order valence-electron chi connectivity index (χ4n) is 6.79. The number of hydrazine groups is 1. The molecular weight excluding hydrogens is 573 g/mol. The van der Waals surface area contributed by atoms with Crippen molar-refractivity contribution in [1.29, 1.82) is 0 Å². The van der Waals surface area contributed by atoms with Crippen molar-refractivity contribution in [2.24, 2.45) is 35.0 Å². The number of hydrogen-bond donors (Lipinski definition) is 1. The molecule has 8 heteroatoms. The first kappa shape index (κ1) is 27.0. The lowest BCUT2D eigenvalue weighted by molar-refractivity contribution is -0.145. The second-order valence-corrected chi connectivity index (χ2v) is 13.4. The Morgan fingerprint density at radius 1 is 1.08 bits per heavy atom. The summed E-state index contributed by atoms with van der Waals surface area (Å²) in [5.74, 6) is 0.617. The van der Waals surface area contributed by atoms with E-state index >= 15 is 0 Å². The van der Waals surface area contributed by atoms with E-state index in [1.165, 1.54) is 6.42 Å². The molecule has 1 saturated heterocycles. The molecule has 2 aromatic rings. The number of anilines is 1. The third kappa shape index (κ3) is 4.84. The highest BCUT2D eigenvalue weighted by Gasteiger charge is 2.56. The van der Waals surface area contributed by atoms with E-state index in [1.54, 1.807) is 23.2 Å². The van der Waals surface area contributed by atoms with Crippen LogP contribution in [-0.4, -0.2) is 29.4 Å². The standard InChI is InChI=1S/C29H34BrCl2N3O2/c1-16-21(27(36)33-26-13-18-12-23(17(26)2)29(18,3)4)14-34(15-22-24(31)6-5-7-25(22)32)35(28(16)37)20-10-8-19(30)9-11-20/h5-11,16-18,21,23,26H,12-15H2,1-4H3,(H,33,36)/t16?,17-,18?,21?,23-,26?/m1/s1. The third-order valence-corrected chi connectivity index (χ3v) is 10.6. The van der Waals surface area contributed by atoms with E-state index in [9.17, 15) is 9.59 Å². The molecule has 4 fully saturated rings. The summed E-state index contributed by atoms with van der Waals surface area (Å²) in [6, 6.07) is 13.2. The molecule has 198 valence electrons. The van der Waals surface area contributed by atoms with Gasteiger partial charge >= 0.3 is 0 Å². The number of fused-ring (bicyclic) bond motifs is 2. The van der Waals surface area contributed by atoms with Gasteiger partial charge in [0.05, 0.1) is 11.6 Å². The maximum Gasteiger partial charge on any atom is 0.245 e. The Bertz CT molecular complexity index is 1180. The van der Waals surface area contributed by atoms with Gasteiger partial charge in [-0.3, -0.25) is 9.59 Å². The second kappa shape index (κ2) is 10.2. The number of amides is 2. The maximum atomic E-state index is 13.8. The van der Waals surface area contributed by atoms with Gasteiger partial charge in [-0.15, -0.1) is 0 Å². The Morgan fingerprint density at radius 3 is 2.32 bits per heavy atom. The highest BCUT2D eigenvalue weighted by molar-refractivity contribution is 9.10. The monoisotopic (exact) mass is 605 g/mol. The molecule has 1 N–H and O–H groups in total. The minimum atomic E-state index is -0.473. The molecule has 4 unspecified atom stereocenters. The average molecular weight is 607 g/mol. The van der Waals surface area contributed by atoms with Gasteiger partial charge in [0.2, 0.25) is 11.8 Å². The van der Waals surface area contributed by atoms with Crippen molar-refractivity contribution in [3.8, 4) is 0 Å². The van der Waals surface area contributed by atoms with Crippen LogP contribution in [0.1, 0.15) is 46.1 Å². The maximum absolute atomic E-state index is 13.8. The molecule has 1 aliphatic heterocycles. The van der Waals surface area contributed by atoms with Crippen LogP contribution in [0.3, 0.4) is 0 Å². The summed E-state index contributed by atoms with van der Waals surface area (Å²) in [5, 5.41) is 8.03. The molecule has 1 heterocycles. The zero-order valence-electron chi connectivity index (χ0n) is 21.7. The van der Waals surface area contributed by atoms with Crippen molar-refractivity contribution in [2.75, 3.05) is 11.6 Å². The lowest BCUT2D eigenvalue weighted by Gasteiger charge is -2.62. The van der Waals surface area contributed by atoms with Crippen molar-refractivity contribution in [2.45, 2.75) is 53.1 Å². The van der Waals surface area contributed by atoms with E-state index in [2.05, 4.69) is 42.0 Å². The third-order valence-electron chi connectivity index (χ3n) is 9.38. The number of benzene rings is 2. The summed E-state index contributed by atoms with van der Waals surface area (Å²) < 4.78 is 0.925. The SMILES string of the molecule is CC1C(=O)N(c2ccc(Br)cc2)N(Cc2c(Cl)cccc2Cl)CC1C(=O)NC1CC2C[C@H]([C@H]1C)C2(C)C. The van der Waals surface area contributed by atoms with Crippen LogP contribution in [-0.2, 0) is 16.1 Å². The first-order valence-electron chi connectivity index (χ1n) is 13.1. The number of rotatable bonds is 5. The van der Waals surface area contributed by atoms with Gasteiger partial charge in [0.15, 0.2) is 0 Å². The van der Waals surface area contributed by atoms with E-state index in [1.807, 2.05) is 36.2 Å². The van der Waals surface area contributed by atoms with Crippen LogP contribution in [0.4, 0.5) is 5.69 Å². The largest absolute Gasteiger partial charge is 0.353 e. The molecule has 4 aliphatic rings. The predicted octanol–water partition coefficient (Wildman–Crippen LogP) is 6.96. The summed E-state index contributed by atoms with van der Waals surface area (Å²) in [6.45, 7) is 9.55. The highest BCUT2D eigenvalue weighted by Crippen LogP contribution is 2.61. The highest BCUT2D eigenvalue weighted by atomic mass is 79.9. The fourth-order valence-corrected chi connectivity index (χ4v) is 7.57. The molecule has 6 rings (SSSR count). The predicted molar refractivity (Wildman–Crippen MR) is 152 cm³/mol. The van der Waals surface area contributed by atoms with E-state index < -0.39 is 11.8 Å². The van der Waals surface area contributed by atoms with Gasteiger partial charge in [0, 0.05) is 45.1 Å². The van der Waals surface area contributed by atoms with Gasteiger partial charge in [-0.2, -0.15) is 0 Å². The Hall–Kier alpha value is -1.60. The van der Waals surface area contributed by atoms with Gasteiger partial charge < -0.3 is 5.32 Å². The van der Waals surface area contributed by atoms with Crippen molar-refractivity contribution < 1.29 is 9.59 Å². The number of carbonyl (C=O) groups is 2. The Kier molecular flexibility index (Phi) is 7.42. The molecule has 5 nitrogen and oxygen atoms in total. The van der Waals surface area contributed by atoms with Gasteiger partial charge in [0.1, 0.15) is 0 Å². The Morgan fingerprint density at radius 2 is 1.73 bits per heavy atom. The van der Waals surface area contributed by atoms with E-state index in [0.29, 0.717) is 46.3 Å². The summed E-state index contributed by atoms with van der Waals surface area (Å²) in [7, 11) is 0. The minimum Gasteiger partial charge on any atom is -0.353 e. The molecule has 6 atom stereocenters. The molecule has 0 radical (unpaired) electrons. The normalized spacial score (nSPS) is 31.1. The summed E-state index contributed by atoms with van der Waals surface area (Å²) in [4.78, 5) is 27.5. The van der Waals surface area contributed by atoms with Crippen molar-refractivity contribution in [1.82, 2.24) is 10.3 Å². The molecule has 2 aromatic carbocycles. The number of hydrogen-bond acceptors (Lipinski definition) is 3. The number of nitrogens with zero attached hydrogens (tertiary/aromatic N) is 2. The first-order valence-corrected chi connectivity index (χ1v) is 14.6. The van der Waals surface area contributed by atoms with Crippen molar-refractivity contribution >= 4 is 56.6 Å². The Balaban J connectivity index is 1.41.